The number of fused-ring (bicyclic) bond motifs is 1. The third kappa shape index (κ3) is 3.62. The standard InChI is InChI=1S/C18H14ClN5O2S/c1-10-20-14-8-13(6-7-15(14)26-10)21-16(25)9-24-17(22-23-18(24)27)11-2-4-12(19)5-3-11/h2-8H,9H2,1H3,(H,21,25)(H,23,27). The molecule has 2 aromatic carbocycles. The molecule has 4 rings (SSSR count). The van der Waals surface area contributed by atoms with E-state index < -0.39 is 0 Å². The normalized spacial score (nSPS) is 11.0. The van der Waals surface area contributed by atoms with Crippen molar-refractivity contribution in [2.24, 2.45) is 0 Å². The molecule has 0 aliphatic rings. The highest BCUT2D eigenvalue weighted by Gasteiger charge is 2.13. The molecule has 4 aromatic rings. The highest BCUT2D eigenvalue weighted by molar-refractivity contribution is 7.71. The molecule has 2 aromatic heterocycles. The van der Waals surface area contributed by atoms with Crippen LogP contribution in [0.5, 0.6) is 0 Å². The zero-order chi connectivity index (χ0) is 19.0. The zero-order valence-corrected chi connectivity index (χ0v) is 15.8. The van der Waals surface area contributed by atoms with Gasteiger partial charge in [0.1, 0.15) is 12.1 Å². The van der Waals surface area contributed by atoms with E-state index in [1.54, 1.807) is 41.8 Å². The second-order valence-corrected chi connectivity index (χ2v) is 6.73. The van der Waals surface area contributed by atoms with E-state index in [1.165, 1.54) is 0 Å². The van der Waals surface area contributed by atoms with Crippen LogP contribution in [0.3, 0.4) is 0 Å². The SMILES string of the molecule is Cc1nc2cc(NC(=O)Cn3c(-c4ccc(Cl)cc4)n[nH]c3=S)ccc2o1. The van der Waals surface area contributed by atoms with Gasteiger partial charge in [-0.15, -0.1) is 0 Å². The molecule has 136 valence electrons. The second kappa shape index (κ2) is 6.98. The number of oxazole rings is 1. The molecule has 0 atom stereocenters. The molecule has 27 heavy (non-hydrogen) atoms. The summed E-state index contributed by atoms with van der Waals surface area (Å²) in [7, 11) is 0. The highest BCUT2D eigenvalue weighted by atomic mass is 35.5. The summed E-state index contributed by atoms with van der Waals surface area (Å²) in [5.41, 5.74) is 2.79. The summed E-state index contributed by atoms with van der Waals surface area (Å²) in [6.07, 6.45) is 0. The van der Waals surface area contributed by atoms with Crippen molar-refractivity contribution in [1.82, 2.24) is 19.7 Å². The van der Waals surface area contributed by atoms with Crippen molar-refractivity contribution < 1.29 is 9.21 Å². The van der Waals surface area contributed by atoms with Gasteiger partial charge in [0, 0.05) is 23.2 Å². The van der Waals surface area contributed by atoms with Crippen molar-refractivity contribution in [3.8, 4) is 11.4 Å². The Morgan fingerprint density at radius 3 is 2.85 bits per heavy atom. The van der Waals surface area contributed by atoms with Crippen molar-refractivity contribution in [1.29, 1.82) is 0 Å². The quantitative estimate of drug-likeness (QED) is 0.498. The molecule has 0 saturated carbocycles. The Morgan fingerprint density at radius 2 is 2.07 bits per heavy atom. The molecule has 9 heteroatoms. The maximum absolute atomic E-state index is 12.5. The number of carbonyl (C=O) groups excluding carboxylic acids is 1. The third-order valence-corrected chi connectivity index (χ3v) is 4.50. The van der Waals surface area contributed by atoms with Crippen LogP contribution in [0.1, 0.15) is 5.89 Å². The van der Waals surface area contributed by atoms with Gasteiger partial charge in [0.15, 0.2) is 22.1 Å². The first-order chi connectivity index (χ1) is 13.0. The predicted molar refractivity (Wildman–Crippen MR) is 105 cm³/mol. The van der Waals surface area contributed by atoms with E-state index in [2.05, 4.69) is 20.5 Å². The molecular formula is C18H14ClN5O2S. The van der Waals surface area contributed by atoms with E-state index >= 15 is 0 Å². The van der Waals surface area contributed by atoms with Gasteiger partial charge in [-0.2, -0.15) is 5.10 Å². The summed E-state index contributed by atoms with van der Waals surface area (Å²) < 4.78 is 7.43. The van der Waals surface area contributed by atoms with E-state index in [0.29, 0.717) is 38.3 Å². The summed E-state index contributed by atoms with van der Waals surface area (Å²) in [6.45, 7) is 1.79. The molecule has 0 aliphatic heterocycles. The molecule has 0 saturated heterocycles. The number of rotatable bonds is 4. The zero-order valence-electron chi connectivity index (χ0n) is 14.2. The largest absolute Gasteiger partial charge is 0.441 e. The molecule has 2 heterocycles. The molecule has 0 spiro atoms. The Balaban J connectivity index is 1.56. The maximum Gasteiger partial charge on any atom is 0.244 e. The number of nitrogens with zero attached hydrogens (tertiary/aromatic N) is 3. The summed E-state index contributed by atoms with van der Waals surface area (Å²) in [5, 5.41) is 10.4. The fourth-order valence-electron chi connectivity index (χ4n) is 2.75. The van der Waals surface area contributed by atoms with Crippen LogP contribution in [0.4, 0.5) is 5.69 Å². The first-order valence-electron chi connectivity index (χ1n) is 8.08. The van der Waals surface area contributed by atoms with Gasteiger partial charge in [0.25, 0.3) is 0 Å². The van der Waals surface area contributed by atoms with E-state index in [4.69, 9.17) is 28.2 Å². The number of anilines is 1. The van der Waals surface area contributed by atoms with Crippen molar-refractivity contribution in [3.63, 3.8) is 0 Å². The third-order valence-electron chi connectivity index (χ3n) is 3.94. The lowest BCUT2D eigenvalue weighted by atomic mass is 10.2. The molecule has 0 aliphatic carbocycles. The van der Waals surface area contributed by atoms with Gasteiger partial charge in [-0.1, -0.05) is 11.6 Å². The second-order valence-electron chi connectivity index (χ2n) is 5.91. The minimum atomic E-state index is -0.234. The number of aromatic nitrogens is 4. The average Bonchev–Trinajstić information content (AvgIpc) is 3.17. The summed E-state index contributed by atoms with van der Waals surface area (Å²) in [6, 6.07) is 12.5. The summed E-state index contributed by atoms with van der Waals surface area (Å²) >= 11 is 11.2. The van der Waals surface area contributed by atoms with Crippen LogP contribution in [-0.2, 0) is 11.3 Å². The van der Waals surface area contributed by atoms with E-state index in [0.717, 1.165) is 5.56 Å². The fraction of sp³-hybridized carbons (Fsp3) is 0.111. The van der Waals surface area contributed by atoms with E-state index in [9.17, 15) is 4.79 Å². The lowest BCUT2D eigenvalue weighted by Crippen LogP contribution is -2.19. The van der Waals surface area contributed by atoms with Gasteiger partial charge in [-0.05, 0) is 54.7 Å². The number of H-pyrrole nitrogens is 1. The number of carbonyl (C=O) groups is 1. The lowest BCUT2D eigenvalue weighted by molar-refractivity contribution is -0.116. The molecule has 7 nitrogen and oxygen atoms in total. The van der Waals surface area contributed by atoms with Crippen LogP contribution >= 0.6 is 23.8 Å². The lowest BCUT2D eigenvalue weighted by Gasteiger charge is -2.08. The van der Waals surface area contributed by atoms with Crippen molar-refractivity contribution in [3.05, 3.63) is 58.1 Å². The number of aromatic amines is 1. The molecule has 2 N–H and O–H groups in total. The van der Waals surface area contributed by atoms with Gasteiger partial charge in [-0.25, -0.2) is 4.98 Å². The van der Waals surface area contributed by atoms with Crippen LogP contribution in [-0.4, -0.2) is 25.7 Å². The number of amides is 1. The highest BCUT2D eigenvalue weighted by Crippen LogP contribution is 2.21. The molecular weight excluding hydrogens is 386 g/mol. The Morgan fingerprint density at radius 1 is 1.30 bits per heavy atom. The summed E-state index contributed by atoms with van der Waals surface area (Å²) in [5.74, 6) is 0.905. The van der Waals surface area contributed by atoms with Gasteiger partial charge < -0.3 is 9.73 Å². The van der Waals surface area contributed by atoms with Crippen molar-refractivity contribution >= 4 is 46.5 Å². The molecule has 0 bridgehead atoms. The molecule has 0 unspecified atom stereocenters. The van der Waals surface area contributed by atoms with Crippen LogP contribution in [0, 0.1) is 11.7 Å². The molecule has 1 amide bonds. The smallest absolute Gasteiger partial charge is 0.244 e. The van der Waals surface area contributed by atoms with Crippen molar-refractivity contribution in [2.45, 2.75) is 13.5 Å². The number of aryl methyl sites for hydroxylation is 1. The summed E-state index contributed by atoms with van der Waals surface area (Å²) in [4.78, 5) is 16.8. The first-order valence-corrected chi connectivity index (χ1v) is 8.86. The predicted octanol–water partition coefficient (Wildman–Crippen LogP) is 4.35. The maximum atomic E-state index is 12.5. The Bertz CT molecular complexity index is 1190. The fourth-order valence-corrected chi connectivity index (χ4v) is 3.07. The van der Waals surface area contributed by atoms with Crippen molar-refractivity contribution in [2.75, 3.05) is 5.32 Å². The molecule has 0 fully saturated rings. The van der Waals surface area contributed by atoms with Crippen LogP contribution in [0.2, 0.25) is 5.02 Å². The number of hydrogen-bond donors (Lipinski definition) is 2. The minimum Gasteiger partial charge on any atom is -0.441 e. The number of halogens is 1. The van der Waals surface area contributed by atoms with E-state index in [1.807, 2.05) is 12.1 Å². The number of hydrogen-bond acceptors (Lipinski definition) is 5. The monoisotopic (exact) mass is 399 g/mol. The first kappa shape index (κ1) is 17.4. The van der Waals surface area contributed by atoms with Crippen LogP contribution in [0.25, 0.3) is 22.5 Å². The number of nitrogens with one attached hydrogen (secondary N) is 2. The minimum absolute atomic E-state index is 0.0170. The Labute approximate surface area is 164 Å². The van der Waals surface area contributed by atoms with Gasteiger partial charge >= 0.3 is 0 Å². The Kier molecular flexibility index (Phi) is 4.51. The topological polar surface area (TPSA) is 88.7 Å². The molecule has 0 radical (unpaired) electrons. The average molecular weight is 400 g/mol. The van der Waals surface area contributed by atoms with Crippen LogP contribution in [0.15, 0.2) is 46.9 Å². The van der Waals surface area contributed by atoms with Crippen LogP contribution < -0.4 is 5.32 Å². The van der Waals surface area contributed by atoms with Gasteiger partial charge in [0.05, 0.1) is 0 Å². The van der Waals surface area contributed by atoms with Gasteiger partial charge in [0.2, 0.25) is 5.91 Å². The number of benzene rings is 2. The van der Waals surface area contributed by atoms with Gasteiger partial charge in [-0.3, -0.25) is 14.5 Å². The van der Waals surface area contributed by atoms with E-state index in [-0.39, 0.29) is 12.5 Å². The Hall–Kier alpha value is -2.97.